The van der Waals surface area contributed by atoms with Crippen LogP contribution in [0.1, 0.15) is 36.1 Å². The van der Waals surface area contributed by atoms with Crippen LogP contribution in [0.4, 0.5) is 0 Å². The van der Waals surface area contributed by atoms with Gasteiger partial charge in [0.2, 0.25) is 0 Å². The molecule has 6 heteroatoms. The number of piperazine rings is 1. The zero-order chi connectivity index (χ0) is 18.0. The molecule has 0 spiro atoms. The smallest absolute Gasteiger partial charge is 0.266 e. The molecule has 134 valence electrons. The van der Waals surface area contributed by atoms with Crippen LogP contribution in [0.5, 0.6) is 5.75 Å². The van der Waals surface area contributed by atoms with Crippen molar-refractivity contribution in [2.75, 3.05) is 19.7 Å². The van der Waals surface area contributed by atoms with Crippen molar-refractivity contribution in [1.82, 2.24) is 15.2 Å². The lowest BCUT2D eigenvalue weighted by atomic mass is 10.1. The summed E-state index contributed by atoms with van der Waals surface area (Å²) in [5.74, 6) is 0.937. The molecule has 1 aromatic carbocycles. The number of carbonyl (C=O) groups is 1. The molecule has 0 bridgehead atoms. The minimum atomic E-state index is 0.0908. The predicted molar refractivity (Wildman–Crippen MR) is 101 cm³/mol. The highest BCUT2D eigenvalue weighted by Crippen LogP contribution is 2.30. The van der Waals surface area contributed by atoms with E-state index >= 15 is 0 Å². The molecule has 1 aromatic heterocycles. The van der Waals surface area contributed by atoms with Gasteiger partial charge in [-0.2, -0.15) is 0 Å². The number of nitrogens with one attached hydrogen (secondary N) is 1. The second-order valence-electron chi connectivity index (χ2n) is 6.37. The van der Waals surface area contributed by atoms with Crippen molar-refractivity contribution in [3.05, 3.63) is 34.8 Å². The van der Waals surface area contributed by atoms with Gasteiger partial charge in [-0.05, 0) is 52.0 Å². The van der Waals surface area contributed by atoms with Gasteiger partial charge < -0.3 is 15.0 Å². The minimum Gasteiger partial charge on any atom is -0.494 e. The van der Waals surface area contributed by atoms with Crippen LogP contribution in [-0.4, -0.2) is 47.6 Å². The summed E-state index contributed by atoms with van der Waals surface area (Å²) in [4.78, 5) is 20.3. The molecule has 1 aliphatic rings. The molecule has 1 amide bonds. The predicted octanol–water partition coefficient (Wildman–Crippen LogP) is 3.34. The number of aryl methyl sites for hydroxylation is 1. The van der Waals surface area contributed by atoms with Crippen LogP contribution in [0.25, 0.3) is 10.6 Å². The topological polar surface area (TPSA) is 54.5 Å². The summed E-state index contributed by atoms with van der Waals surface area (Å²) in [5, 5.41) is 4.29. The Morgan fingerprint density at radius 3 is 2.76 bits per heavy atom. The lowest BCUT2D eigenvalue weighted by Crippen LogP contribution is -2.57. The molecule has 2 aromatic rings. The van der Waals surface area contributed by atoms with Crippen molar-refractivity contribution < 1.29 is 9.53 Å². The molecule has 1 aliphatic heterocycles. The van der Waals surface area contributed by atoms with E-state index in [9.17, 15) is 4.79 Å². The molecule has 1 saturated heterocycles. The standard InChI is InChI=1S/C19H25N3O2S/c1-5-24-16-8-6-15(7-9-16)18-21-13(3)17(25-18)19(23)22-11-10-20-12(2)14(22)4/h6-9,12,14,20H,5,10-11H2,1-4H3. The summed E-state index contributed by atoms with van der Waals surface area (Å²) in [5.41, 5.74) is 1.81. The molecule has 1 fully saturated rings. The van der Waals surface area contributed by atoms with E-state index in [1.165, 1.54) is 11.3 Å². The first-order valence-electron chi connectivity index (χ1n) is 8.76. The van der Waals surface area contributed by atoms with Crippen molar-refractivity contribution >= 4 is 17.2 Å². The van der Waals surface area contributed by atoms with E-state index < -0.39 is 0 Å². The molecule has 1 N–H and O–H groups in total. The number of amides is 1. The molecule has 5 nitrogen and oxygen atoms in total. The van der Waals surface area contributed by atoms with Crippen molar-refractivity contribution in [1.29, 1.82) is 0 Å². The van der Waals surface area contributed by atoms with E-state index in [-0.39, 0.29) is 11.9 Å². The van der Waals surface area contributed by atoms with E-state index in [0.717, 1.165) is 40.0 Å². The first-order chi connectivity index (χ1) is 12.0. The highest BCUT2D eigenvalue weighted by Gasteiger charge is 2.30. The summed E-state index contributed by atoms with van der Waals surface area (Å²) < 4.78 is 5.48. The summed E-state index contributed by atoms with van der Waals surface area (Å²) in [7, 11) is 0. The Hall–Kier alpha value is -1.92. The van der Waals surface area contributed by atoms with Crippen LogP contribution >= 0.6 is 11.3 Å². The van der Waals surface area contributed by atoms with Crippen LogP contribution in [0.3, 0.4) is 0 Å². The maximum absolute atomic E-state index is 13.0. The molecule has 2 heterocycles. The number of carbonyl (C=O) groups excluding carboxylic acids is 1. The van der Waals surface area contributed by atoms with Gasteiger partial charge in [-0.25, -0.2) is 4.98 Å². The number of hydrogen-bond donors (Lipinski definition) is 1. The Bertz CT molecular complexity index is 742. The largest absolute Gasteiger partial charge is 0.494 e. The van der Waals surface area contributed by atoms with Gasteiger partial charge >= 0.3 is 0 Å². The molecule has 0 saturated carbocycles. The zero-order valence-electron chi connectivity index (χ0n) is 15.2. The zero-order valence-corrected chi connectivity index (χ0v) is 16.0. The monoisotopic (exact) mass is 359 g/mol. The summed E-state index contributed by atoms with van der Waals surface area (Å²) in [6, 6.07) is 8.35. The number of benzene rings is 1. The maximum Gasteiger partial charge on any atom is 0.266 e. The molecule has 0 aliphatic carbocycles. The number of hydrogen-bond acceptors (Lipinski definition) is 5. The number of nitrogens with zero attached hydrogens (tertiary/aromatic N) is 2. The van der Waals surface area contributed by atoms with E-state index in [4.69, 9.17) is 4.74 Å². The fourth-order valence-corrected chi connectivity index (χ4v) is 4.08. The maximum atomic E-state index is 13.0. The van der Waals surface area contributed by atoms with Crippen LogP contribution in [0.15, 0.2) is 24.3 Å². The van der Waals surface area contributed by atoms with Crippen molar-refractivity contribution in [2.24, 2.45) is 0 Å². The van der Waals surface area contributed by atoms with E-state index in [1.807, 2.05) is 43.0 Å². The second kappa shape index (κ2) is 7.54. The van der Waals surface area contributed by atoms with Gasteiger partial charge in [-0.3, -0.25) is 4.79 Å². The second-order valence-corrected chi connectivity index (χ2v) is 7.37. The van der Waals surface area contributed by atoms with E-state index in [2.05, 4.69) is 24.1 Å². The van der Waals surface area contributed by atoms with Crippen LogP contribution in [-0.2, 0) is 0 Å². The average molecular weight is 359 g/mol. The summed E-state index contributed by atoms with van der Waals surface area (Å²) in [6.45, 7) is 10.3. The highest BCUT2D eigenvalue weighted by atomic mass is 32.1. The molecular formula is C19H25N3O2S. The minimum absolute atomic E-state index is 0.0908. The van der Waals surface area contributed by atoms with Gasteiger partial charge in [0.1, 0.15) is 15.6 Å². The number of thiazole rings is 1. The molecule has 0 radical (unpaired) electrons. The first kappa shape index (κ1) is 17.9. The lowest BCUT2D eigenvalue weighted by Gasteiger charge is -2.38. The van der Waals surface area contributed by atoms with Crippen molar-refractivity contribution in [3.63, 3.8) is 0 Å². The van der Waals surface area contributed by atoms with Crippen molar-refractivity contribution in [2.45, 2.75) is 39.8 Å². The Morgan fingerprint density at radius 1 is 1.36 bits per heavy atom. The Morgan fingerprint density at radius 2 is 2.08 bits per heavy atom. The summed E-state index contributed by atoms with van der Waals surface area (Å²) in [6.07, 6.45) is 0. The Kier molecular flexibility index (Phi) is 5.39. The SMILES string of the molecule is CCOc1ccc(-c2nc(C)c(C(=O)N3CCNC(C)C3C)s2)cc1. The summed E-state index contributed by atoms with van der Waals surface area (Å²) >= 11 is 1.47. The van der Waals surface area contributed by atoms with Gasteiger partial charge in [-0.1, -0.05) is 0 Å². The lowest BCUT2D eigenvalue weighted by molar-refractivity contribution is 0.0607. The molecular weight excluding hydrogens is 334 g/mol. The van der Waals surface area contributed by atoms with Gasteiger partial charge in [0, 0.05) is 30.7 Å². The van der Waals surface area contributed by atoms with Crippen LogP contribution in [0.2, 0.25) is 0 Å². The van der Waals surface area contributed by atoms with Gasteiger partial charge in [0.15, 0.2) is 0 Å². The number of aromatic nitrogens is 1. The average Bonchev–Trinajstić information content (AvgIpc) is 2.99. The van der Waals surface area contributed by atoms with Gasteiger partial charge in [0.05, 0.1) is 12.3 Å². The quantitative estimate of drug-likeness (QED) is 0.910. The normalized spacial score (nSPS) is 20.6. The van der Waals surface area contributed by atoms with E-state index in [1.54, 1.807) is 0 Å². The first-order valence-corrected chi connectivity index (χ1v) is 9.58. The number of rotatable bonds is 4. The van der Waals surface area contributed by atoms with Crippen LogP contribution in [0, 0.1) is 6.92 Å². The van der Waals surface area contributed by atoms with Crippen molar-refractivity contribution in [3.8, 4) is 16.3 Å². The third kappa shape index (κ3) is 3.70. The Balaban J connectivity index is 1.83. The Labute approximate surface area is 153 Å². The van der Waals surface area contributed by atoms with E-state index in [0.29, 0.717) is 12.6 Å². The third-order valence-electron chi connectivity index (χ3n) is 4.70. The highest BCUT2D eigenvalue weighted by molar-refractivity contribution is 7.17. The molecule has 3 rings (SSSR count). The fourth-order valence-electron chi connectivity index (χ4n) is 3.05. The fraction of sp³-hybridized carbons (Fsp3) is 0.474. The van der Waals surface area contributed by atoms with Gasteiger partial charge in [0.25, 0.3) is 5.91 Å². The third-order valence-corrected chi connectivity index (χ3v) is 5.89. The van der Waals surface area contributed by atoms with Crippen LogP contribution < -0.4 is 10.1 Å². The van der Waals surface area contributed by atoms with Gasteiger partial charge in [-0.15, -0.1) is 11.3 Å². The molecule has 25 heavy (non-hydrogen) atoms. The molecule has 2 unspecified atom stereocenters. The molecule has 2 atom stereocenters. The number of ether oxygens (including phenoxy) is 1.